The molecular weight excluding hydrogens is 352 g/mol. The number of nitrogens with zero attached hydrogens (tertiary/aromatic N) is 2. The first-order valence-electron chi connectivity index (χ1n) is 9.90. The molecule has 0 saturated carbocycles. The van der Waals surface area contributed by atoms with Gasteiger partial charge in [0, 0.05) is 33.9 Å². The van der Waals surface area contributed by atoms with Crippen molar-refractivity contribution in [3.05, 3.63) is 97.3 Å². The normalized spacial score (nSPS) is 12.1. The summed E-state index contributed by atoms with van der Waals surface area (Å²) in [5.74, 6) is 0. The van der Waals surface area contributed by atoms with Gasteiger partial charge in [-0.2, -0.15) is 0 Å². The van der Waals surface area contributed by atoms with Gasteiger partial charge in [-0.1, -0.05) is 48.5 Å². The Hall–Kier alpha value is -3.91. The van der Waals surface area contributed by atoms with Gasteiger partial charge in [0.15, 0.2) is 0 Å². The summed E-state index contributed by atoms with van der Waals surface area (Å²) < 4.78 is 2.26. The summed E-state index contributed by atoms with van der Waals surface area (Å²) in [7, 11) is 0. The van der Waals surface area contributed by atoms with E-state index in [2.05, 4.69) is 89.5 Å². The van der Waals surface area contributed by atoms with Crippen molar-refractivity contribution in [1.82, 2.24) is 9.38 Å². The van der Waals surface area contributed by atoms with Crippen LogP contribution in [0.5, 0.6) is 0 Å². The number of benzene rings is 4. The highest BCUT2D eigenvalue weighted by molar-refractivity contribution is 6.22. The lowest BCUT2D eigenvalue weighted by atomic mass is 9.97. The molecule has 0 bridgehead atoms. The summed E-state index contributed by atoms with van der Waals surface area (Å²) in [5, 5.41) is 11.3. The first kappa shape index (κ1) is 15.1. The number of hydrogen-bond donors (Lipinski definition) is 0. The van der Waals surface area contributed by atoms with E-state index in [1.54, 1.807) is 0 Å². The second-order valence-electron chi connectivity index (χ2n) is 7.75. The molecule has 0 spiro atoms. The minimum atomic E-state index is 1.01. The van der Waals surface area contributed by atoms with Crippen LogP contribution in [0.25, 0.3) is 59.6 Å². The van der Waals surface area contributed by atoms with Crippen LogP contribution < -0.4 is 0 Å². The molecule has 4 aromatic carbocycles. The van der Waals surface area contributed by atoms with Gasteiger partial charge < -0.3 is 0 Å². The molecule has 0 aliphatic heterocycles. The zero-order valence-corrected chi connectivity index (χ0v) is 15.6. The highest BCUT2D eigenvalue weighted by Crippen LogP contribution is 2.37. The van der Waals surface area contributed by atoms with Crippen LogP contribution in [0, 0.1) is 0 Å². The third-order valence-corrected chi connectivity index (χ3v) is 6.13. The number of aromatic nitrogens is 2. The minimum absolute atomic E-state index is 1.01. The second kappa shape index (κ2) is 5.33. The van der Waals surface area contributed by atoms with E-state index in [0.717, 1.165) is 5.65 Å². The topological polar surface area (TPSA) is 17.3 Å². The Morgan fingerprint density at radius 2 is 1.17 bits per heavy atom. The van der Waals surface area contributed by atoms with E-state index in [1.165, 1.54) is 54.0 Å². The first-order chi connectivity index (χ1) is 14.4. The van der Waals surface area contributed by atoms with E-state index in [9.17, 15) is 0 Å². The van der Waals surface area contributed by atoms with E-state index in [1.807, 2.05) is 12.3 Å². The molecule has 7 aromatic rings. The number of rotatable bonds is 0. The highest BCUT2D eigenvalue weighted by Gasteiger charge is 2.14. The summed E-state index contributed by atoms with van der Waals surface area (Å²) >= 11 is 0. The maximum absolute atomic E-state index is 4.75. The maximum atomic E-state index is 4.75. The molecule has 0 unspecified atom stereocenters. The Balaban J connectivity index is 1.80. The van der Waals surface area contributed by atoms with Crippen LogP contribution in [-0.4, -0.2) is 9.38 Å². The lowest BCUT2D eigenvalue weighted by Gasteiger charge is -2.11. The molecule has 134 valence electrons. The first-order valence-corrected chi connectivity index (χ1v) is 9.90. The van der Waals surface area contributed by atoms with Gasteiger partial charge in [0.25, 0.3) is 0 Å². The lowest BCUT2D eigenvalue weighted by molar-refractivity contribution is 1.21. The minimum Gasteiger partial charge on any atom is -0.299 e. The molecule has 3 heterocycles. The van der Waals surface area contributed by atoms with Gasteiger partial charge in [0.2, 0.25) is 0 Å². The predicted octanol–water partition coefficient (Wildman–Crippen LogP) is 7.10. The van der Waals surface area contributed by atoms with Crippen molar-refractivity contribution in [2.75, 3.05) is 0 Å². The number of hydrogen-bond acceptors (Lipinski definition) is 1. The molecule has 0 N–H and O–H groups in total. The van der Waals surface area contributed by atoms with Crippen molar-refractivity contribution < 1.29 is 0 Å². The van der Waals surface area contributed by atoms with Crippen LogP contribution >= 0.6 is 0 Å². The highest BCUT2D eigenvalue weighted by atomic mass is 15.0. The third-order valence-electron chi connectivity index (χ3n) is 6.13. The van der Waals surface area contributed by atoms with E-state index in [4.69, 9.17) is 4.98 Å². The molecule has 0 amide bonds. The van der Waals surface area contributed by atoms with Gasteiger partial charge in [-0.15, -0.1) is 0 Å². The summed E-state index contributed by atoms with van der Waals surface area (Å²) in [6.45, 7) is 0. The standard InChI is InChI=1S/C27H16N2/c1-2-7-18-13-21-15-25-24(14-20(21)12-17(18)6-1)23-10-5-11-28-27(23)29-16-19-8-3-4-9-22(19)26(25)29/h1-16H. The Labute approximate surface area is 166 Å². The van der Waals surface area contributed by atoms with Gasteiger partial charge in [-0.05, 0) is 63.3 Å². The Morgan fingerprint density at radius 3 is 1.97 bits per heavy atom. The van der Waals surface area contributed by atoms with E-state index in [-0.39, 0.29) is 0 Å². The average molecular weight is 368 g/mol. The van der Waals surface area contributed by atoms with Crippen molar-refractivity contribution >= 4 is 59.6 Å². The molecular formula is C27H16N2. The summed E-state index contributed by atoms with van der Waals surface area (Å²) in [6.07, 6.45) is 4.09. The SMILES string of the molecule is c1ccc2cc3cc4c(cc3cc2c1)c1cccnc1n1cc2ccccc2c41. The van der Waals surface area contributed by atoms with Gasteiger partial charge in [-0.3, -0.25) is 4.40 Å². The third kappa shape index (κ3) is 1.98. The fraction of sp³-hybridized carbons (Fsp3) is 0. The second-order valence-corrected chi connectivity index (χ2v) is 7.75. The Bertz CT molecular complexity index is 1760. The molecule has 0 aliphatic rings. The average Bonchev–Trinajstić information content (AvgIpc) is 3.17. The fourth-order valence-electron chi connectivity index (χ4n) is 4.81. The van der Waals surface area contributed by atoms with Crippen molar-refractivity contribution in [2.24, 2.45) is 0 Å². The Kier molecular flexibility index (Phi) is 2.77. The summed E-state index contributed by atoms with van der Waals surface area (Å²) in [6, 6.07) is 30.7. The number of pyridine rings is 2. The van der Waals surface area contributed by atoms with Gasteiger partial charge in [0.05, 0.1) is 5.52 Å². The molecule has 29 heavy (non-hydrogen) atoms. The van der Waals surface area contributed by atoms with Crippen LogP contribution in [0.4, 0.5) is 0 Å². The molecule has 0 radical (unpaired) electrons. The quantitative estimate of drug-likeness (QED) is 0.206. The van der Waals surface area contributed by atoms with Crippen molar-refractivity contribution in [3.8, 4) is 0 Å². The largest absolute Gasteiger partial charge is 0.299 e. The summed E-state index contributed by atoms with van der Waals surface area (Å²) in [4.78, 5) is 4.75. The predicted molar refractivity (Wildman–Crippen MR) is 123 cm³/mol. The van der Waals surface area contributed by atoms with Crippen LogP contribution in [0.3, 0.4) is 0 Å². The number of fused-ring (bicyclic) bond motifs is 10. The van der Waals surface area contributed by atoms with E-state index in [0.29, 0.717) is 0 Å². The zero-order chi connectivity index (χ0) is 18.9. The Morgan fingerprint density at radius 1 is 0.517 bits per heavy atom. The lowest BCUT2D eigenvalue weighted by Crippen LogP contribution is -1.92. The molecule has 0 saturated heterocycles. The van der Waals surface area contributed by atoms with Gasteiger partial charge in [0.1, 0.15) is 5.65 Å². The molecule has 0 fully saturated rings. The summed E-state index contributed by atoms with van der Waals surface area (Å²) in [5.41, 5.74) is 2.24. The smallest absolute Gasteiger partial charge is 0.145 e. The van der Waals surface area contributed by atoms with Gasteiger partial charge >= 0.3 is 0 Å². The molecule has 7 rings (SSSR count). The molecule has 0 atom stereocenters. The fourth-order valence-corrected chi connectivity index (χ4v) is 4.81. The van der Waals surface area contributed by atoms with Crippen molar-refractivity contribution in [3.63, 3.8) is 0 Å². The van der Waals surface area contributed by atoms with Crippen molar-refractivity contribution in [1.29, 1.82) is 0 Å². The van der Waals surface area contributed by atoms with Crippen LogP contribution in [0.15, 0.2) is 97.3 Å². The van der Waals surface area contributed by atoms with E-state index >= 15 is 0 Å². The molecule has 2 heteroatoms. The van der Waals surface area contributed by atoms with Crippen LogP contribution in [0.2, 0.25) is 0 Å². The maximum Gasteiger partial charge on any atom is 0.145 e. The van der Waals surface area contributed by atoms with E-state index < -0.39 is 0 Å². The molecule has 2 nitrogen and oxygen atoms in total. The van der Waals surface area contributed by atoms with Crippen LogP contribution in [0.1, 0.15) is 0 Å². The monoisotopic (exact) mass is 368 g/mol. The molecule has 0 aliphatic carbocycles. The zero-order valence-electron chi connectivity index (χ0n) is 15.6. The van der Waals surface area contributed by atoms with Crippen molar-refractivity contribution in [2.45, 2.75) is 0 Å². The van der Waals surface area contributed by atoms with Crippen LogP contribution in [-0.2, 0) is 0 Å². The van der Waals surface area contributed by atoms with Gasteiger partial charge in [-0.25, -0.2) is 4.98 Å². The molecule has 3 aromatic heterocycles.